The minimum absolute atomic E-state index is 0.506. The van der Waals surface area contributed by atoms with Gasteiger partial charge in [-0.25, -0.2) is 0 Å². The smallest absolute Gasteiger partial charge is 0.101 e. The maximum atomic E-state index is 8.85. The van der Waals surface area contributed by atoms with Crippen LogP contribution in [-0.4, -0.2) is 13.6 Å². The Bertz CT molecular complexity index is 587. The fraction of sp³-hybridized carbons (Fsp3) is 0.188. The summed E-state index contributed by atoms with van der Waals surface area (Å²) >= 11 is 6.04. The van der Waals surface area contributed by atoms with E-state index in [1.807, 2.05) is 37.4 Å². The minimum Gasteiger partial charge on any atom is -0.374 e. The largest absolute Gasteiger partial charge is 0.374 e. The molecule has 0 unspecified atom stereocenters. The molecule has 0 aliphatic carbocycles. The van der Waals surface area contributed by atoms with Gasteiger partial charge in [0.25, 0.3) is 0 Å². The van der Waals surface area contributed by atoms with Gasteiger partial charge in [-0.2, -0.15) is 5.26 Å². The number of nitrogens with zero attached hydrogens (tertiary/aromatic N) is 2. The highest BCUT2D eigenvalue weighted by molar-refractivity contribution is 6.32. The monoisotopic (exact) mass is 270 g/mol. The summed E-state index contributed by atoms with van der Waals surface area (Å²) in [5.41, 5.74) is 2.86. The van der Waals surface area contributed by atoms with E-state index >= 15 is 0 Å². The van der Waals surface area contributed by atoms with Crippen molar-refractivity contribution in [1.29, 1.82) is 5.26 Å². The van der Waals surface area contributed by atoms with Gasteiger partial charge in [-0.3, -0.25) is 0 Å². The molecule has 2 aromatic carbocycles. The molecule has 2 rings (SSSR count). The second kappa shape index (κ2) is 6.26. The van der Waals surface area contributed by atoms with Crippen molar-refractivity contribution in [3.63, 3.8) is 0 Å². The molecule has 0 fully saturated rings. The number of hydrogen-bond donors (Lipinski definition) is 0. The van der Waals surface area contributed by atoms with Crippen LogP contribution in [0, 0.1) is 11.3 Å². The number of likely N-dealkylation sites (N-methyl/N-ethyl adjacent to an activating group) is 1. The maximum absolute atomic E-state index is 8.85. The highest BCUT2D eigenvalue weighted by Crippen LogP contribution is 2.22. The summed E-state index contributed by atoms with van der Waals surface area (Å²) in [7, 11) is 2.03. The topological polar surface area (TPSA) is 27.0 Å². The fourth-order valence-corrected chi connectivity index (χ4v) is 2.12. The number of anilines is 1. The third kappa shape index (κ3) is 3.49. The molecular formula is C16H15ClN2. The summed E-state index contributed by atoms with van der Waals surface area (Å²) in [6.45, 7) is 0.909. The fourth-order valence-electron chi connectivity index (χ4n) is 1.90. The van der Waals surface area contributed by atoms with Crippen LogP contribution in [0.25, 0.3) is 0 Å². The molecule has 19 heavy (non-hydrogen) atoms. The van der Waals surface area contributed by atoms with E-state index in [2.05, 4.69) is 23.1 Å². The Morgan fingerprint density at radius 1 is 1.16 bits per heavy atom. The minimum atomic E-state index is 0.506. The Hall–Kier alpha value is -1.98. The number of nitriles is 1. The van der Waals surface area contributed by atoms with Crippen molar-refractivity contribution in [2.75, 3.05) is 18.5 Å². The van der Waals surface area contributed by atoms with Gasteiger partial charge >= 0.3 is 0 Å². The van der Waals surface area contributed by atoms with Crippen LogP contribution in [0.15, 0.2) is 48.5 Å². The van der Waals surface area contributed by atoms with Gasteiger partial charge in [0.05, 0.1) is 10.6 Å². The zero-order valence-corrected chi connectivity index (χ0v) is 11.6. The summed E-state index contributed by atoms with van der Waals surface area (Å²) in [4.78, 5) is 2.14. The average Bonchev–Trinajstić information content (AvgIpc) is 2.45. The lowest BCUT2D eigenvalue weighted by molar-refractivity contribution is 0.877. The van der Waals surface area contributed by atoms with Crippen LogP contribution >= 0.6 is 11.6 Å². The van der Waals surface area contributed by atoms with E-state index in [1.54, 1.807) is 6.07 Å². The molecule has 0 atom stereocenters. The van der Waals surface area contributed by atoms with Crippen LogP contribution in [0.1, 0.15) is 11.1 Å². The molecule has 0 aliphatic heterocycles. The van der Waals surface area contributed by atoms with Gasteiger partial charge < -0.3 is 4.90 Å². The van der Waals surface area contributed by atoms with E-state index in [-0.39, 0.29) is 0 Å². The first-order valence-corrected chi connectivity index (χ1v) is 6.53. The van der Waals surface area contributed by atoms with E-state index in [1.165, 1.54) is 5.56 Å². The zero-order valence-electron chi connectivity index (χ0n) is 10.8. The van der Waals surface area contributed by atoms with E-state index < -0.39 is 0 Å². The second-order valence-corrected chi connectivity index (χ2v) is 4.84. The normalized spacial score (nSPS) is 9.95. The first kappa shape index (κ1) is 13.5. The third-order valence-electron chi connectivity index (χ3n) is 3.09. The van der Waals surface area contributed by atoms with Crippen molar-refractivity contribution in [3.05, 3.63) is 64.7 Å². The molecule has 2 nitrogen and oxygen atoms in total. The number of hydrogen-bond acceptors (Lipinski definition) is 2. The van der Waals surface area contributed by atoms with Crippen LogP contribution in [0.2, 0.25) is 5.02 Å². The first-order chi connectivity index (χ1) is 9.20. The zero-order chi connectivity index (χ0) is 13.7. The predicted molar refractivity (Wildman–Crippen MR) is 79.6 cm³/mol. The predicted octanol–water partition coefficient (Wildman–Crippen LogP) is 3.89. The Morgan fingerprint density at radius 3 is 2.53 bits per heavy atom. The van der Waals surface area contributed by atoms with Gasteiger partial charge in [0.2, 0.25) is 0 Å². The van der Waals surface area contributed by atoms with Crippen LogP contribution < -0.4 is 4.90 Å². The van der Waals surface area contributed by atoms with Crippen LogP contribution in [0.5, 0.6) is 0 Å². The van der Waals surface area contributed by atoms with Crippen LogP contribution in [-0.2, 0) is 6.42 Å². The van der Waals surface area contributed by atoms with E-state index in [0.29, 0.717) is 10.6 Å². The number of rotatable bonds is 4. The molecule has 2 aromatic rings. The maximum Gasteiger partial charge on any atom is 0.101 e. The SMILES string of the molecule is CN(CCc1ccccc1)c1ccc(C#N)c(Cl)c1. The second-order valence-electron chi connectivity index (χ2n) is 4.43. The third-order valence-corrected chi connectivity index (χ3v) is 3.41. The summed E-state index contributed by atoms with van der Waals surface area (Å²) in [6, 6.07) is 18.0. The van der Waals surface area contributed by atoms with E-state index in [4.69, 9.17) is 16.9 Å². The molecule has 0 spiro atoms. The molecule has 0 N–H and O–H groups in total. The molecule has 3 heteroatoms. The lowest BCUT2D eigenvalue weighted by Crippen LogP contribution is -2.20. The van der Waals surface area contributed by atoms with Crippen molar-refractivity contribution in [3.8, 4) is 6.07 Å². The lowest BCUT2D eigenvalue weighted by Gasteiger charge is -2.19. The molecule has 96 valence electrons. The van der Waals surface area contributed by atoms with Gasteiger partial charge in [0, 0.05) is 19.3 Å². The number of benzene rings is 2. The molecule has 0 radical (unpaired) electrons. The quantitative estimate of drug-likeness (QED) is 0.843. The summed E-state index contributed by atoms with van der Waals surface area (Å²) < 4.78 is 0. The Kier molecular flexibility index (Phi) is 4.43. The summed E-state index contributed by atoms with van der Waals surface area (Å²) in [5.74, 6) is 0. The molecule has 0 amide bonds. The summed E-state index contributed by atoms with van der Waals surface area (Å²) in [6.07, 6.45) is 0.981. The van der Waals surface area contributed by atoms with Gasteiger partial charge in [-0.05, 0) is 30.2 Å². The van der Waals surface area contributed by atoms with Crippen molar-refractivity contribution in [2.45, 2.75) is 6.42 Å². The van der Waals surface area contributed by atoms with E-state index in [9.17, 15) is 0 Å². The Morgan fingerprint density at radius 2 is 1.89 bits per heavy atom. The van der Waals surface area contributed by atoms with Crippen LogP contribution in [0.3, 0.4) is 0 Å². The number of halogens is 1. The molecule has 0 saturated carbocycles. The summed E-state index contributed by atoms with van der Waals surface area (Å²) in [5, 5.41) is 9.36. The van der Waals surface area contributed by atoms with Gasteiger partial charge in [0.15, 0.2) is 0 Å². The molecule has 0 aromatic heterocycles. The first-order valence-electron chi connectivity index (χ1n) is 6.15. The standard InChI is InChI=1S/C16H15ClN2/c1-19(10-9-13-5-3-2-4-6-13)15-8-7-14(12-18)16(17)11-15/h2-8,11H,9-10H2,1H3. The van der Waals surface area contributed by atoms with Crippen molar-refractivity contribution in [2.24, 2.45) is 0 Å². The Labute approximate surface area is 118 Å². The van der Waals surface area contributed by atoms with Gasteiger partial charge in [-0.15, -0.1) is 0 Å². The lowest BCUT2D eigenvalue weighted by atomic mass is 10.1. The molecule has 0 aliphatic rings. The molecule has 0 bridgehead atoms. The highest BCUT2D eigenvalue weighted by atomic mass is 35.5. The molecule has 0 heterocycles. The average molecular weight is 271 g/mol. The Balaban J connectivity index is 2.02. The van der Waals surface area contributed by atoms with Crippen molar-refractivity contribution >= 4 is 17.3 Å². The van der Waals surface area contributed by atoms with Crippen LogP contribution in [0.4, 0.5) is 5.69 Å². The highest BCUT2D eigenvalue weighted by Gasteiger charge is 2.05. The molecule has 0 saturated heterocycles. The van der Waals surface area contributed by atoms with Crippen molar-refractivity contribution in [1.82, 2.24) is 0 Å². The van der Waals surface area contributed by atoms with E-state index in [0.717, 1.165) is 18.7 Å². The van der Waals surface area contributed by atoms with Crippen molar-refractivity contribution < 1.29 is 0 Å². The molecular weight excluding hydrogens is 256 g/mol. The van der Waals surface area contributed by atoms with Gasteiger partial charge in [0.1, 0.15) is 6.07 Å². The van der Waals surface area contributed by atoms with Gasteiger partial charge in [-0.1, -0.05) is 41.9 Å².